The van der Waals surface area contributed by atoms with Gasteiger partial charge in [-0.05, 0) is 49.4 Å². The van der Waals surface area contributed by atoms with Gasteiger partial charge in [0.2, 0.25) is 5.91 Å². The molecule has 1 amide bonds. The summed E-state index contributed by atoms with van der Waals surface area (Å²) in [4.78, 5) is 13.1. The van der Waals surface area contributed by atoms with Gasteiger partial charge < -0.3 is 5.32 Å². The van der Waals surface area contributed by atoms with Crippen molar-refractivity contribution in [3.05, 3.63) is 35.2 Å². The van der Waals surface area contributed by atoms with Crippen LogP contribution in [0, 0.1) is 0 Å². The van der Waals surface area contributed by atoms with Crippen molar-refractivity contribution in [1.29, 1.82) is 0 Å². The number of hydrogen-bond acceptors (Lipinski definition) is 5. The molecule has 7 heteroatoms. The summed E-state index contributed by atoms with van der Waals surface area (Å²) in [5.74, 6) is 0.852. The second-order valence-corrected chi connectivity index (χ2v) is 6.18. The highest BCUT2D eigenvalue weighted by atomic mass is 32.2. The monoisotopic (exact) mass is 303 g/mol. The number of carbonyl (C=O) groups is 1. The molecule has 0 spiro atoms. The molecule has 1 aromatic carbocycles. The third-order valence-electron chi connectivity index (χ3n) is 3.57. The van der Waals surface area contributed by atoms with Crippen molar-refractivity contribution in [2.45, 2.75) is 37.1 Å². The molecule has 2 N–H and O–H groups in total. The molecule has 0 saturated heterocycles. The molecule has 1 aliphatic rings. The maximum absolute atomic E-state index is 11.9. The van der Waals surface area contributed by atoms with E-state index < -0.39 is 0 Å². The summed E-state index contributed by atoms with van der Waals surface area (Å²) in [7, 11) is 0. The summed E-state index contributed by atoms with van der Waals surface area (Å²) in [5.41, 5.74) is 2.88. The smallest absolute Gasteiger partial charge is 0.230 e. The van der Waals surface area contributed by atoms with E-state index in [0.29, 0.717) is 11.6 Å². The van der Waals surface area contributed by atoms with Crippen LogP contribution < -0.4 is 5.32 Å². The number of H-pyrrole nitrogens is 1. The maximum atomic E-state index is 11.9. The minimum Gasteiger partial charge on any atom is -0.345 e. The van der Waals surface area contributed by atoms with Crippen molar-refractivity contribution in [1.82, 2.24) is 25.9 Å². The molecular weight excluding hydrogens is 286 g/mol. The zero-order chi connectivity index (χ0) is 14.7. The van der Waals surface area contributed by atoms with Crippen LogP contribution in [0.4, 0.5) is 0 Å². The molecule has 1 unspecified atom stereocenters. The van der Waals surface area contributed by atoms with E-state index in [-0.39, 0.29) is 11.9 Å². The van der Waals surface area contributed by atoms with Crippen molar-refractivity contribution >= 4 is 17.7 Å². The summed E-state index contributed by atoms with van der Waals surface area (Å²) in [6, 6.07) is 6.26. The van der Waals surface area contributed by atoms with Gasteiger partial charge in [-0.3, -0.25) is 4.79 Å². The average molecular weight is 303 g/mol. The fraction of sp³-hybridized carbons (Fsp3) is 0.429. The molecule has 0 bridgehead atoms. The van der Waals surface area contributed by atoms with Crippen LogP contribution in [-0.2, 0) is 17.6 Å². The van der Waals surface area contributed by atoms with Crippen LogP contribution in [0.25, 0.3) is 0 Å². The van der Waals surface area contributed by atoms with Crippen molar-refractivity contribution in [2.24, 2.45) is 0 Å². The van der Waals surface area contributed by atoms with E-state index in [1.807, 2.05) is 6.92 Å². The van der Waals surface area contributed by atoms with Crippen LogP contribution in [0.2, 0.25) is 0 Å². The lowest BCUT2D eigenvalue weighted by Gasteiger charge is -2.10. The Bertz CT molecular complexity index is 628. The number of fused-ring (bicyclic) bond motifs is 1. The second-order valence-electron chi connectivity index (χ2n) is 5.13. The molecule has 2 aromatic rings. The number of carbonyl (C=O) groups excluding carboxylic acids is 1. The number of aryl methyl sites for hydroxylation is 2. The number of aromatic nitrogens is 4. The molecule has 1 atom stereocenters. The number of nitrogens with one attached hydrogen (secondary N) is 2. The highest BCUT2D eigenvalue weighted by Crippen LogP contribution is 2.27. The Kier molecular flexibility index (Phi) is 4.19. The molecule has 3 rings (SSSR count). The third kappa shape index (κ3) is 3.41. The highest BCUT2D eigenvalue weighted by Gasteiger charge is 2.14. The van der Waals surface area contributed by atoms with Crippen LogP contribution in [0.1, 0.15) is 36.3 Å². The predicted octanol–water partition coefficient (Wildman–Crippen LogP) is 1.66. The molecule has 1 heterocycles. The lowest BCUT2D eigenvalue weighted by molar-refractivity contribution is -0.119. The summed E-state index contributed by atoms with van der Waals surface area (Å²) in [6.07, 6.45) is 3.58. The van der Waals surface area contributed by atoms with Gasteiger partial charge in [0.25, 0.3) is 0 Å². The van der Waals surface area contributed by atoms with Crippen molar-refractivity contribution in [2.75, 3.05) is 5.75 Å². The zero-order valence-electron chi connectivity index (χ0n) is 11.8. The number of hydrogen-bond donors (Lipinski definition) is 2. The normalized spacial score (nSPS) is 14.7. The quantitative estimate of drug-likeness (QED) is 0.821. The fourth-order valence-electron chi connectivity index (χ4n) is 2.49. The number of rotatable bonds is 5. The molecule has 0 aliphatic heterocycles. The van der Waals surface area contributed by atoms with E-state index >= 15 is 0 Å². The molecule has 1 aromatic heterocycles. The number of tetrazole rings is 1. The van der Waals surface area contributed by atoms with E-state index in [1.54, 1.807) is 11.8 Å². The lowest BCUT2D eigenvalue weighted by atomic mass is 10.1. The van der Waals surface area contributed by atoms with Crippen LogP contribution in [0.15, 0.2) is 23.1 Å². The van der Waals surface area contributed by atoms with Gasteiger partial charge in [0.15, 0.2) is 5.82 Å². The van der Waals surface area contributed by atoms with Gasteiger partial charge in [0.05, 0.1) is 11.8 Å². The van der Waals surface area contributed by atoms with Crippen molar-refractivity contribution in [3.8, 4) is 0 Å². The van der Waals surface area contributed by atoms with Gasteiger partial charge in [0.1, 0.15) is 0 Å². The highest BCUT2D eigenvalue weighted by molar-refractivity contribution is 8.00. The maximum Gasteiger partial charge on any atom is 0.230 e. The molecule has 0 radical (unpaired) electrons. The molecule has 6 nitrogen and oxygen atoms in total. The van der Waals surface area contributed by atoms with Gasteiger partial charge in [-0.2, -0.15) is 5.21 Å². The Morgan fingerprint density at radius 3 is 3.10 bits per heavy atom. The van der Waals surface area contributed by atoms with Crippen LogP contribution in [0.5, 0.6) is 0 Å². The Hall–Kier alpha value is -1.89. The number of nitrogens with zero attached hydrogens (tertiary/aromatic N) is 3. The SMILES string of the molecule is CC(NC(=O)CSc1ccc2c(c1)CCC2)c1nn[nH]n1. The Balaban J connectivity index is 1.52. The first-order valence-corrected chi connectivity index (χ1v) is 7.98. The minimum absolute atomic E-state index is 0.0298. The standard InChI is InChI=1S/C14H17N5OS/c1-9(14-16-18-19-17-14)15-13(20)8-21-12-6-5-10-3-2-4-11(10)7-12/h5-7,9H,2-4,8H2,1H3,(H,15,20)(H,16,17,18,19). The first-order valence-electron chi connectivity index (χ1n) is 6.99. The van der Waals surface area contributed by atoms with Crippen LogP contribution in [-0.4, -0.2) is 32.3 Å². The Morgan fingerprint density at radius 2 is 2.29 bits per heavy atom. The van der Waals surface area contributed by atoms with E-state index in [9.17, 15) is 4.79 Å². The van der Waals surface area contributed by atoms with Gasteiger partial charge in [-0.1, -0.05) is 11.3 Å². The van der Waals surface area contributed by atoms with E-state index in [2.05, 4.69) is 44.1 Å². The summed E-state index contributed by atoms with van der Waals surface area (Å²) < 4.78 is 0. The molecule has 21 heavy (non-hydrogen) atoms. The number of thioether (sulfide) groups is 1. The van der Waals surface area contributed by atoms with E-state index in [0.717, 1.165) is 11.3 Å². The molecular formula is C14H17N5OS. The zero-order valence-corrected chi connectivity index (χ0v) is 12.6. The Morgan fingerprint density at radius 1 is 1.43 bits per heavy atom. The van der Waals surface area contributed by atoms with Gasteiger partial charge in [-0.15, -0.1) is 22.0 Å². The number of aromatic amines is 1. The van der Waals surface area contributed by atoms with Crippen molar-refractivity contribution in [3.63, 3.8) is 0 Å². The average Bonchev–Trinajstić information content (AvgIpc) is 3.15. The topological polar surface area (TPSA) is 83.6 Å². The van der Waals surface area contributed by atoms with Crippen molar-refractivity contribution < 1.29 is 4.79 Å². The van der Waals surface area contributed by atoms with E-state index in [4.69, 9.17) is 0 Å². The first-order chi connectivity index (χ1) is 10.2. The van der Waals surface area contributed by atoms with Crippen LogP contribution in [0.3, 0.4) is 0 Å². The Labute approximate surface area is 127 Å². The molecule has 110 valence electrons. The van der Waals surface area contributed by atoms with E-state index in [1.165, 1.54) is 24.0 Å². The van der Waals surface area contributed by atoms with Gasteiger partial charge in [0, 0.05) is 4.90 Å². The number of benzene rings is 1. The summed E-state index contributed by atoms with van der Waals surface area (Å²) in [5, 5.41) is 16.4. The molecule has 0 fully saturated rings. The minimum atomic E-state index is -0.239. The molecule has 1 aliphatic carbocycles. The largest absolute Gasteiger partial charge is 0.345 e. The first kappa shape index (κ1) is 14.1. The summed E-state index contributed by atoms with van der Waals surface area (Å²) >= 11 is 1.56. The fourth-order valence-corrected chi connectivity index (χ4v) is 3.26. The lowest BCUT2D eigenvalue weighted by Crippen LogP contribution is -2.28. The van der Waals surface area contributed by atoms with Crippen LogP contribution >= 0.6 is 11.8 Å². The summed E-state index contributed by atoms with van der Waals surface area (Å²) in [6.45, 7) is 1.84. The third-order valence-corrected chi connectivity index (χ3v) is 4.56. The predicted molar refractivity (Wildman–Crippen MR) is 79.9 cm³/mol. The second kappa shape index (κ2) is 6.26. The molecule has 0 saturated carbocycles. The van der Waals surface area contributed by atoms with Gasteiger partial charge in [-0.25, -0.2) is 0 Å². The number of amides is 1. The van der Waals surface area contributed by atoms with Gasteiger partial charge >= 0.3 is 0 Å².